The lowest BCUT2D eigenvalue weighted by Gasteiger charge is -2.31. The first-order valence-corrected chi connectivity index (χ1v) is 7.57. The Morgan fingerprint density at radius 3 is 2.57 bits per heavy atom. The number of hydrogen-bond acceptors (Lipinski definition) is 4. The minimum Gasteiger partial charge on any atom is -0.497 e. The number of ether oxygens (including phenoxy) is 1. The van der Waals surface area contributed by atoms with E-state index in [4.69, 9.17) is 10.5 Å². The van der Waals surface area contributed by atoms with E-state index in [1.807, 2.05) is 24.3 Å². The van der Waals surface area contributed by atoms with Gasteiger partial charge in [-0.25, -0.2) is 0 Å². The number of carbonyl (C=O) groups excluding carboxylic acids is 1. The largest absolute Gasteiger partial charge is 0.497 e. The van der Waals surface area contributed by atoms with Crippen LogP contribution in [0.5, 0.6) is 5.75 Å². The Hall–Kier alpha value is -1.59. The third kappa shape index (κ3) is 5.02. The van der Waals surface area contributed by atoms with E-state index in [0.717, 1.165) is 56.3 Å². The summed E-state index contributed by atoms with van der Waals surface area (Å²) in [4.78, 5) is 14.3. The molecule has 0 unspecified atom stereocenters. The van der Waals surface area contributed by atoms with Crippen molar-refractivity contribution in [3.05, 3.63) is 24.3 Å². The van der Waals surface area contributed by atoms with Gasteiger partial charge in [0.15, 0.2) is 0 Å². The van der Waals surface area contributed by atoms with Gasteiger partial charge in [0, 0.05) is 5.69 Å². The monoisotopic (exact) mass is 291 g/mol. The van der Waals surface area contributed by atoms with Gasteiger partial charge in [0.25, 0.3) is 0 Å². The van der Waals surface area contributed by atoms with Crippen LogP contribution in [0.15, 0.2) is 24.3 Å². The first kappa shape index (κ1) is 15.8. The molecule has 21 heavy (non-hydrogen) atoms. The summed E-state index contributed by atoms with van der Waals surface area (Å²) >= 11 is 0. The number of nitrogens with zero attached hydrogens (tertiary/aromatic N) is 1. The Kier molecular flexibility index (Phi) is 6.02. The third-order valence-electron chi connectivity index (χ3n) is 4.02. The normalized spacial score (nSPS) is 16.7. The van der Waals surface area contributed by atoms with Crippen LogP contribution in [0.2, 0.25) is 0 Å². The summed E-state index contributed by atoms with van der Waals surface area (Å²) in [6.45, 7) is 3.20. The topological polar surface area (TPSA) is 67.6 Å². The molecule has 0 aromatic heterocycles. The molecule has 1 fully saturated rings. The molecule has 5 nitrogen and oxygen atoms in total. The Bertz CT molecular complexity index is 439. The van der Waals surface area contributed by atoms with Crippen molar-refractivity contribution in [1.29, 1.82) is 0 Å². The number of carbonyl (C=O) groups is 1. The molecule has 0 radical (unpaired) electrons. The average Bonchev–Trinajstić information content (AvgIpc) is 2.50. The van der Waals surface area contributed by atoms with Crippen LogP contribution in [0, 0.1) is 5.92 Å². The fourth-order valence-corrected chi connectivity index (χ4v) is 2.75. The smallest absolute Gasteiger partial charge is 0.238 e. The van der Waals surface area contributed by atoms with Gasteiger partial charge in [0.1, 0.15) is 5.75 Å². The van der Waals surface area contributed by atoms with Crippen molar-refractivity contribution in [3.8, 4) is 5.75 Å². The number of benzene rings is 1. The molecule has 1 aromatic rings. The Balaban J connectivity index is 1.74. The van der Waals surface area contributed by atoms with E-state index in [1.54, 1.807) is 7.11 Å². The highest BCUT2D eigenvalue weighted by Gasteiger charge is 2.20. The first-order chi connectivity index (χ1) is 10.2. The van der Waals surface area contributed by atoms with Crippen LogP contribution in [0.1, 0.15) is 19.3 Å². The average molecular weight is 291 g/mol. The number of rotatable bonds is 6. The molecule has 0 spiro atoms. The second-order valence-corrected chi connectivity index (χ2v) is 5.57. The summed E-state index contributed by atoms with van der Waals surface area (Å²) in [5, 5.41) is 2.92. The van der Waals surface area contributed by atoms with Crippen LogP contribution < -0.4 is 15.8 Å². The van der Waals surface area contributed by atoms with E-state index in [1.165, 1.54) is 0 Å². The maximum atomic E-state index is 12.0. The summed E-state index contributed by atoms with van der Waals surface area (Å²) in [5.74, 6) is 1.56. The predicted octanol–water partition coefficient (Wildman–Crippen LogP) is 1.69. The quantitative estimate of drug-likeness (QED) is 0.837. The molecular weight excluding hydrogens is 266 g/mol. The maximum absolute atomic E-state index is 12.0. The van der Waals surface area contributed by atoms with Gasteiger partial charge < -0.3 is 15.8 Å². The second kappa shape index (κ2) is 8.00. The van der Waals surface area contributed by atoms with Gasteiger partial charge in [-0.2, -0.15) is 0 Å². The maximum Gasteiger partial charge on any atom is 0.238 e. The van der Waals surface area contributed by atoms with E-state index in [-0.39, 0.29) is 5.91 Å². The molecule has 0 saturated carbocycles. The van der Waals surface area contributed by atoms with Crippen LogP contribution in [0.3, 0.4) is 0 Å². The van der Waals surface area contributed by atoms with E-state index in [2.05, 4.69) is 10.2 Å². The Morgan fingerprint density at radius 1 is 1.33 bits per heavy atom. The van der Waals surface area contributed by atoms with E-state index < -0.39 is 0 Å². The molecule has 1 saturated heterocycles. The van der Waals surface area contributed by atoms with Crippen LogP contribution >= 0.6 is 0 Å². The molecule has 1 aromatic carbocycles. The molecule has 0 bridgehead atoms. The number of hydrogen-bond donors (Lipinski definition) is 2. The number of nitrogens with two attached hydrogens (primary N) is 1. The Labute approximate surface area is 126 Å². The van der Waals surface area contributed by atoms with Crippen molar-refractivity contribution in [2.45, 2.75) is 19.3 Å². The van der Waals surface area contributed by atoms with Crippen LogP contribution in [-0.4, -0.2) is 44.1 Å². The molecule has 0 aliphatic carbocycles. The van der Waals surface area contributed by atoms with Crippen LogP contribution in [0.4, 0.5) is 5.69 Å². The lowest BCUT2D eigenvalue weighted by Crippen LogP contribution is -2.39. The summed E-state index contributed by atoms with van der Waals surface area (Å²) in [5.41, 5.74) is 6.40. The van der Waals surface area contributed by atoms with Gasteiger partial charge >= 0.3 is 0 Å². The van der Waals surface area contributed by atoms with Gasteiger partial charge in [0.2, 0.25) is 5.91 Å². The zero-order valence-corrected chi connectivity index (χ0v) is 12.7. The van der Waals surface area contributed by atoms with Gasteiger partial charge in [-0.3, -0.25) is 9.69 Å². The van der Waals surface area contributed by atoms with E-state index in [9.17, 15) is 4.79 Å². The molecule has 1 aliphatic rings. The molecule has 0 atom stereocenters. The number of likely N-dealkylation sites (tertiary alicyclic amines) is 1. The predicted molar refractivity (Wildman–Crippen MR) is 84.5 cm³/mol. The summed E-state index contributed by atoms with van der Waals surface area (Å²) < 4.78 is 5.10. The standard InChI is InChI=1S/C16H25N3O2/c1-21-15-4-2-14(3-5-15)18-16(20)12-19-10-7-13(6-9-17)8-11-19/h2-5,13H,6-12,17H2,1H3,(H,18,20). The van der Waals surface area contributed by atoms with E-state index >= 15 is 0 Å². The summed E-state index contributed by atoms with van der Waals surface area (Å²) in [6.07, 6.45) is 3.39. The van der Waals surface area contributed by atoms with Crippen molar-refractivity contribution < 1.29 is 9.53 Å². The van der Waals surface area contributed by atoms with E-state index in [0.29, 0.717) is 6.54 Å². The highest BCUT2D eigenvalue weighted by atomic mass is 16.5. The van der Waals surface area contributed by atoms with Crippen LogP contribution in [-0.2, 0) is 4.79 Å². The van der Waals surface area contributed by atoms with Gasteiger partial charge in [-0.15, -0.1) is 0 Å². The van der Waals surface area contributed by atoms with Crippen molar-refractivity contribution >= 4 is 11.6 Å². The van der Waals surface area contributed by atoms with Crippen molar-refractivity contribution in [1.82, 2.24) is 4.90 Å². The van der Waals surface area contributed by atoms with Crippen molar-refractivity contribution in [2.24, 2.45) is 11.7 Å². The van der Waals surface area contributed by atoms with Gasteiger partial charge in [0.05, 0.1) is 13.7 Å². The molecule has 3 N–H and O–H groups in total. The van der Waals surface area contributed by atoms with Crippen molar-refractivity contribution in [2.75, 3.05) is 38.6 Å². The summed E-state index contributed by atoms with van der Waals surface area (Å²) in [7, 11) is 1.63. The fraction of sp³-hybridized carbons (Fsp3) is 0.562. The second-order valence-electron chi connectivity index (χ2n) is 5.57. The third-order valence-corrected chi connectivity index (χ3v) is 4.02. The van der Waals surface area contributed by atoms with Crippen LogP contribution in [0.25, 0.3) is 0 Å². The Morgan fingerprint density at radius 2 is 2.00 bits per heavy atom. The molecule has 5 heteroatoms. The fourth-order valence-electron chi connectivity index (χ4n) is 2.75. The molecule has 1 aliphatic heterocycles. The first-order valence-electron chi connectivity index (χ1n) is 7.57. The van der Waals surface area contributed by atoms with Gasteiger partial charge in [-0.05, 0) is 69.1 Å². The SMILES string of the molecule is COc1ccc(NC(=O)CN2CCC(CCN)CC2)cc1. The zero-order valence-electron chi connectivity index (χ0n) is 12.7. The highest BCUT2D eigenvalue weighted by Crippen LogP contribution is 2.20. The lowest BCUT2D eigenvalue weighted by molar-refractivity contribution is -0.117. The zero-order chi connectivity index (χ0) is 15.1. The highest BCUT2D eigenvalue weighted by molar-refractivity contribution is 5.92. The molecule has 2 rings (SSSR count). The lowest BCUT2D eigenvalue weighted by atomic mass is 9.94. The molecule has 1 heterocycles. The molecule has 1 amide bonds. The summed E-state index contributed by atoms with van der Waals surface area (Å²) in [6, 6.07) is 7.39. The molecule has 116 valence electrons. The number of anilines is 1. The number of methoxy groups -OCH3 is 1. The number of nitrogens with one attached hydrogen (secondary N) is 1. The van der Waals surface area contributed by atoms with Crippen molar-refractivity contribution in [3.63, 3.8) is 0 Å². The minimum absolute atomic E-state index is 0.0393. The van der Waals surface area contributed by atoms with Gasteiger partial charge in [-0.1, -0.05) is 0 Å². The number of amides is 1. The minimum atomic E-state index is 0.0393. The number of piperidine rings is 1. The molecular formula is C16H25N3O2.